The van der Waals surface area contributed by atoms with Crippen LogP contribution in [0.4, 0.5) is 11.5 Å². The minimum absolute atomic E-state index is 0.0685. The average Bonchev–Trinajstić information content (AvgIpc) is 3.17. The molecule has 1 amide bonds. The highest BCUT2D eigenvalue weighted by atomic mass is 16.1. The van der Waals surface area contributed by atoms with Gasteiger partial charge in [-0.05, 0) is 62.9 Å². The molecule has 0 aliphatic carbocycles. The number of hydrogen-bond donors (Lipinski definition) is 1. The first-order valence-corrected chi connectivity index (χ1v) is 9.98. The molecular formula is C22H26N6O. The zero-order chi connectivity index (χ0) is 20.4. The molecular weight excluding hydrogens is 364 g/mol. The predicted octanol–water partition coefficient (Wildman–Crippen LogP) is 3.44. The van der Waals surface area contributed by atoms with Crippen LogP contribution >= 0.6 is 0 Å². The maximum Gasteiger partial charge on any atom is 0.229 e. The fourth-order valence-corrected chi connectivity index (χ4v) is 3.74. The number of imidazole rings is 1. The summed E-state index contributed by atoms with van der Waals surface area (Å²) in [6.45, 7) is 7.51. The summed E-state index contributed by atoms with van der Waals surface area (Å²) in [5.41, 5.74) is 3.11. The lowest BCUT2D eigenvalue weighted by molar-refractivity contribution is -0.120. The van der Waals surface area contributed by atoms with Crippen LogP contribution in [-0.2, 0) is 4.79 Å². The predicted molar refractivity (Wildman–Crippen MR) is 113 cm³/mol. The van der Waals surface area contributed by atoms with E-state index in [4.69, 9.17) is 0 Å². The molecule has 0 spiro atoms. The van der Waals surface area contributed by atoms with E-state index in [2.05, 4.69) is 31.5 Å². The number of hydrogen-bond acceptors (Lipinski definition) is 5. The average molecular weight is 390 g/mol. The van der Waals surface area contributed by atoms with Crippen molar-refractivity contribution in [2.75, 3.05) is 23.3 Å². The van der Waals surface area contributed by atoms with Crippen LogP contribution < -0.4 is 10.2 Å². The molecule has 0 bridgehead atoms. The first-order valence-electron chi connectivity index (χ1n) is 9.98. The van der Waals surface area contributed by atoms with Gasteiger partial charge in [-0.3, -0.25) is 9.36 Å². The fourth-order valence-electron chi connectivity index (χ4n) is 3.74. The SMILES string of the molecule is Cc1ccc(C)c(NC(=O)C2CCCN(c3ccc(-n4ccnc4C)nn3)C2)c1. The van der Waals surface area contributed by atoms with Crippen LogP contribution in [0.3, 0.4) is 0 Å². The van der Waals surface area contributed by atoms with Gasteiger partial charge in [0.05, 0.1) is 5.92 Å². The van der Waals surface area contributed by atoms with Gasteiger partial charge in [-0.15, -0.1) is 10.2 Å². The molecule has 150 valence electrons. The van der Waals surface area contributed by atoms with Crippen LogP contribution in [0.2, 0.25) is 0 Å². The van der Waals surface area contributed by atoms with E-state index in [1.165, 1.54) is 0 Å². The fraction of sp³-hybridized carbons (Fsp3) is 0.364. The molecule has 1 aliphatic rings. The van der Waals surface area contributed by atoms with Crippen LogP contribution in [-0.4, -0.2) is 38.7 Å². The van der Waals surface area contributed by atoms with Gasteiger partial charge in [0, 0.05) is 31.2 Å². The lowest BCUT2D eigenvalue weighted by atomic mass is 9.96. The maximum absolute atomic E-state index is 12.9. The third-order valence-corrected chi connectivity index (χ3v) is 5.48. The Kier molecular flexibility index (Phi) is 5.29. The van der Waals surface area contributed by atoms with Crippen LogP contribution in [0.25, 0.3) is 5.82 Å². The Hall–Kier alpha value is -3.22. The van der Waals surface area contributed by atoms with Gasteiger partial charge >= 0.3 is 0 Å². The van der Waals surface area contributed by atoms with Crippen molar-refractivity contribution in [3.63, 3.8) is 0 Å². The van der Waals surface area contributed by atoms with Crippen molar-refractivity contribution in [3.05, 3.63) is 59.7 Å². The second-order valence-electron chi connectivity index (χ2n) is 7.69. The second kappa shape index (κ2) is 8.03. The van der Waals surface area contributed by atoms with Gasteiger partial charge in [0.15, 0.2) is 11.6 Å². The first kappa shape index (κ1) is 19.1. The maximum atomic E-state index is 12.9. The van der Waals surface area contributed by atoms with E-state index >= 15 is 0 Å². The number of aryl methyl sites for hydroxylation is 3. The highest BCUT2D eigenvalue weighted by Gasteiger charge is 2.27. The molecule has 3 aromatic rings. The molecule has 1 N–H and O–H groups in total. The van der Waals surface area contributed by atoms with Crippen molar-refractivity contribution in [2.24, 2.45) is 5.92 Å². The number of carbonyl (C=O) groups is 1. The van der Waals surface area contributed by atoms with Gasteiger partial charge in [0.2, 0.25) is 5.91 Å². The number of aromatic nitrogens is 4. The molecule has 1 saturated heterocycles. The third kappa shape index (κ3) is 4.13. The minimum atomic E-state index is -0.0685. The van der Waals surface area contributed by atoms with Crippen LogP contribution in [0.1, 0.15) is 29.8 Å². The normalized spacial score (nSPS) is 16.7. The summed E-state index contributed by atoms with van der Waals surface area (Å²) >= 11 is 0. The summed E-state index contributed by atoms with van der Waals surface area (Å²) in [4.78, 5) is 19.2. The summed E-state index contributed by atoms with van der Waals surface area (Å²) in [6.07, 6.45) is 5.45. The van der Waals surface area contributed by atoms with Crippen molar-refractivity contribution in [3.8, 4) is 5.82 Å². The second-order valence-corrected chi connectivity index (χ2v) is 7.69. The van der Waals surface area contributed by atoms with E-state index < -0.39 is 0 Å². The van der Waals surface area contributed by atoms with E-state index in [0.29, 0.717) is 6.54 Å². The monoisotopic (exact) mass is 390 g/mol. The minimum Gasteiger partial charge on any atom is -0.354 e. The first-order chi connectivity index (χ1) is 14.0. The van der Waals surface area contributed by atoms with Gasteiger partial charge in [0.25, 0.3) is 0 Å². The number of anilines is 2. The summed E-state index contributed by atoms with van der Waals surface area (Å²) < 4.78 is 1.90. The molecule has 29 heavy (non-hydrogen) atoms. The lowest BCUT2D eigenvalue weighted by Gasteiger charge is -2.32. The molecule has 7 nitrogen and oxygen atoms in total. The molecule has 1 aromatic carbocycles. The number of nitrogens with one attached hydrogen (secondary N) is 1. The number of piperidine rings is 1. The Morgan fingerprint density at radius 2 is 1.90 bits per heavy atom. The Morgan fingerprint density at radius 1 is 1.10 bits per heavy atom. The topological polar surface area (TPSA) is 75.9 Å². The van der Waals surface area contributed by atoms with Crippen molar-refractivity contribution in [2.45, 2.75) is 33.6 Å². The quantitative estimate of drug-likeness (QED) is 0.738. The van der Waals surface area contributed by atoms with E-state index in [0.717, 1.165) is 53.7 Å². The van der Waals surface area contributed by atoms with Gasteiger partial charge in [-0.2, -0.15) is 0 Å². The zero-order valence-corrected chi connectivity index (χ0v) is 17.1. The number of amides is 1. The highest BCUT2D eigenvalue weighted by Crippen LogP contribution is 2.24. The van der Waals surface area contributed by atoms with Crippen LogP contribution in [0.5, 0.6) is 0 Å². The van der Waals surface area contributed by atoms with Crippen molar-refractivity contribution in [1.82, 2.24) is 19.7 Å². The van der Waals surface area contributed by atoms with E-state index in [1.54, 1.807) is 6.20 Å². The Morgan fingerprint density at radius 3 is 2.62 bits per heavy atom. The summed E-state index contributed by atoms with van der Waals surface area (Å²) in [7, 11) is 0. The Labute approximate surface area is 170 Å². The Bertz CT molecular complexity index is 1010. The highest BCUT2D eigenvalue weighted by molar-refractivity contribution is 5.93. The molecule has 1 aliphatic heterocycles. The Balaban J connectivity index is 1.44. The summed E-state index contributed by atoms with van der Waals surface area (Å²) in [5, 5.41) is 11.9. The van der Waals surface area contributed by atoms with Crippen LogP contribution in [0, 0.1) is 26.7 Å². The molecule has 7 heteroatoms. The summed E-state index contributed by atoms with van der Waals surface area (Å²) in [5.74, 6) is 2.41. The largest absolute Gasteiger partial charge is 0.354 e. The third-order valence-electron chi connectivity index (χ3n) is 5.48. The molecule has 2 aromatic heterocycles. The molecule has 1 unspecified atom stereocenters. The summed E-state index contributed by atoms with van der Waals surface area (Å²) in [6, 6.07) is 10.0. The van der Waals surface area contributed by atoms with E-state index in [-0.39, 0.29) is 11.8 Å². The van der Waals surface area contributed by atoms with E-state index in [9.17, 15) is 4.79 Å². The van der Waals surface area contributed by atoms with Crippen molar-refractivity contribution < 1.29 is 4.79 Å². The molecule has 4 rings (SSSR count). The van der Waals surface area contributed by atoms with Crippen LogP contribution in [0.15, 0.2) is 42.7 Å². The molecule has 0 saturated carbocycles. The van der Waals surface area contributed by atoms with E-state index in [1.807, 2.05) is 55.8 Å². The lowest BCUT2D eigenvalue weighted by Crippen LogP contribution is -2.41. The van der Waals surface area contributed by atoms with Gasteiger partial charge < -0.3 is 10.2 Å². The van der Waals surface area contributed by atoms with Gasteiger partial charge in [-0.1, -0.05) is 12.1 Å². The standard InChI is InChI=1S/C22H26N6O/c1-15-6-7-16(2)19(13-15)24-22(29)18-5-4-11-27(14-18)20-8-9-21(26-25-20)28-12-10-23-17(28)3/h6-10,12-13,18H,4-5,11,14H2,1-3H3,(H,24,29). The molecule has 3 heterocycles. The van der Waals surface area contributed by atoms with Crippen molar-refractivity contribution >= 4 is 17.4 Å². The number of carbonyl (C=O) groups excluding carboxylic acids is 1. The smallest absolute Gasteiger partial charge is 0.229 e. The zero-order valence-electron chi connectivity index (χ0n) is 17.1. The van der Waals surface area contributed by atoms with Crippen molar-refractivity contribution in [1.29, 1.82) is 0 Å². The number of benzene rings is 1. The molecule has 1 atom stereocenters. The molecule has 0 radical (unpaired) electrons. The van der Waals surface area contributed by atoms with Gasteiger partial charge in [-0.25, -0.2) is 4.98 Å². The van der Waals surface area contributed by atoms with Gasteiger partial charge in [0.1, 0.15) is 5.82 Å². The molecule has 1 fully saturated rings. The number of rotatable bonds is 4. The number of nitrogens with zero attached hydrogens (tertiary/aromatic N) is 5.